The fourth-order valence-corrected chi connectivity index (χ4v) is 5.03. The average Bonchev–Trinajstić information content (AvgIpc) is 2.94. The molecule has 0 aliphatic rings. The van der Waals surface area contributed by atoms with Gasteiger partial charge in [-0.1, -0.05) is 122 Å². The first-order chi connectivity index (χ1) is 18.2. The van der Waals surface area contributed by atoms with Gasteiger partial charge in [-0.25, -0.2) is 13.1 Å². The van der Waals surface area contributed by atoms with Crippen LogP contribution in [0.3, 0.4) is 0 Å². The van der Waals surface area contributed by atoms with Crippen LogP contribution in [0.15, 0.2) is 114 Å². The molecule has 0 radical (unpaired) electrons. The van der Waals surface area contributed by atoms with Gasteiger partial charge >= 0.3 is 27.0 Å². The molecule has 0 amide bonds. The first-order valence-electron chi connectivity index (χ1n) is 12.3. The van der Waals surface area contributed by atoms with E-state index < -0.39 is 22.1 Å². The summed E-state index contributed by atoms with van der Waals surface area (Å²) in [4.78, 5) is 0.226. The Kier molecular flexibility index (Phi) is 13.4. The number of aryl methyl sites for hydroxylation is 2. The molecule has 0 aromatic heterocycles. The van der Waals surface area contributed by atoms with E-state index in [0.717, 1.165) is 16.7 Å². The normalized spacial score (nSPS) is 12.4. The molecule has 4 nitrogen and oxygen atoms in total. The Balaban J connectivity index is 0.000000353. The molecule has 4 aromatic carbocycles. The van der Waals surface area contributed by atoms with Crippen molar-refractivity contribution >= 4 is 19.7 Å². The van der Waals surface area contributed by atoms with Crippen LogP contribution in [0.4, 0.5) is 0 Å². The molecule has 4 aromatic rings. The van der Waals surface area contributed by atoms with Gasteiger partial charge in [-0.3, -0.25) is 0 Å². The molecule has 7 heteroatoms. The van der Waals surface area contributed by atoms with Gasteiger partial charge in [-0.05, 0) is 48.6 Å². The maximum atomic E-state index is 12.9. The minimum absolute atomic E-state index is 0.226. The quantitative estimate of drug-likeness (QED) is 0.206. The van der Waals surface area contributed by atoms with Crippen molar-refractivity contribution in [2.45, 2.75) is 50.6 Å². The summed E-state index contributed by atoms with van der Waals surface area (Å²) in [6, 6.07) is 33.3. The average molecular weight is 637 g/mol. The van der Waals surface area contributed by atoms with Crippen molar-refractivity contribution in [3.63, 3.8) is 0 Å². The van der Waals surface area contributed by atoms with Crippen molar-refractivity contribution in [3.05, 3.63) is 137 Å². The number of halogens is 1. The summed E-state index contributed by atoms with van der Waals surface area (Å²) in [6.45, 7) is 8.46. The first-order valence-corrected chi connectivity index (χ1v) is 16.0. The fourth-order valence-electron chi connectivity index (χ4n) is 3.78. The predicted octanol–water partition coefficient (Wildman–Crippen LogP) is 7.52. The van der Waals surface area contributed by atoms with Gasteiger partial charge in [0.15, 0.2) is 0 Å². The van der Waals surface area contributed by atoms with E-state index in [0.29, 0.717) is 5.92 Å². The summed E-state index contributed by atoms with van der Waals surface area (Å²) in [5, 5.41) is 0. The number of nitrogens with one attached hydrogen (secondary N) is 1. The van der Waals surface area contributed by atoms with Crippen LogP contribution in [0.2, 0.25) is 0 Å². The number of hydrogen-bond donors (Lipinski definition) is 2. The standard InChI is InChI=1S/C21H22N2O2S.C10H14.ClH.Ru/c1-16-12-14-19(15-13-16)26(24,25)23-21(18-10-6-3-7-11-18)20(22)17-8-4-2-5-9-17;1-8(2)10-6-4-9(3)5-7-10;;/h2-15,20-21,23H,22H2,1H3;4-8H,1-3H3;1H;/q;;;+1/p-1. The molecule has 0 saturated carbocycles. The van der Waals surface area contributed by atoms with Crippen LogP contribution in [0.25, 0.3) is 0 Å². The van der Waals surface area contributed by atoms with Gasteiger partial charge in [-0.2, -0.15) is 0 Å². The molecule has 4 rings (SSSR count). The van der Waals surface area contributed by atoms with E-state index in [1.165, 1.54) is 11.1 Å². The van der Waals surface area contributed by atoms with E-state index in [1.807, 2.05) is 84.9 Å². The van der Waals surface area contributed by atoms with E-state index in [-0.39, 0.29) is 4.90 Å². The van der Waals surface area contributed by atoms with Crippen LogP contribution < -0.4 is 10.5 Å². The Hall–Kier alpha value is -2.34. The third-order valence-corrected chi connectivity index (χ3v) is 7.52. The second-order valence-electron chi connectivity index (χ2n) is 9.32. The number of sulfonamides is 1. The molecule has 203 valence electrons. The molecule has 3 N–H and O–H groups in total. The Labute approximate surface area is 242 Å². The maximum absolute atomic E-state index is 12.9. The van der Waals surface area contributed by atoms with Gasteiger partial charge in [-0.15, -0.1) is 0 Å². The van der Waals surface area contributed by atoms with Gasteiger partial charge in [0.1, 0.15) is 0 Å². The summed E-state index contributed by atoms with van der Waals surface area (Å²) in [5.74, 6) is 0.653. The van der Waals surface area contributed by atoms with Gasteiger partial charge in [0.2, 0.25) is 10.0 Å². The van der Waals surface area contributed by atoms with Crippen molar-refractivity contribution < 1.29 is 25.7 Å². The van der Waals surface area contributed by atoms with Gasteiger partial charge in [0.05, 0.1) is 17.0 Å². The van der Waals surface area contributed by atoms with Crippen molar-refractivity contribution in [2.75, 3.05) is 0 Å². The summed E-state index contributed by atoms with van der Waals surface area (Å²) < 4.78 is 28.6. The molecule has 38 heavy (non-hydrogen) atoms. The summed E-state index contributed by atoms with van der Waals surface area (Å²) in [6.07, 6.45) is 0. The SMILES string of the molecule is Cc1ccc(C(C)C)cc1.Cc1ccc(S(=O)(=O)NC(c2ccccc2)C(N)c2ccccc2)cc1.[Cl][Ru]. The molecule has 0 bridgehead atoms. The van der Waals surface area contributed by atoms with Crippen LogP contribution in [0.1, 0.15) is 59.7 Å². The summed E-state index contributed by atoms with van der Waals surface area (Å²) in [7, 11) is 0.861. The molecule has 0 heterocycles. The molecule has 0 spiro atoms. The van der Waals surface area contributed by atoms with Crippen LogP contribution in [-0.4, -0.2) is 8.42 Å². The Morgan fingerprint density at radius 1 is 0.658 bits per heavy atom. The van der Waals surface area contributed by atoms with E-state index >= 15 is 0 Å². The zero-order chi connectivity index (χ0) is 28.1. The predicted molar refractivity (Wildman–Crippen MR) is 155 cm³/mol. The number of rotatable bonds is 7. The van der Waals surface area contributed by atoms with Crippen molar-refractivity contribution in [1.82, 2.24) is 4.72 Å². The Morgan fingerprint density at radius 3 is 1.53 bits per heavy atom. The van der Waals surface area contributed by atoms with Crippen LogP contribution >= 0.6 is 9.69 Å². The summed E-state index contributed by atoms with van der Waals surface area (Å²) in [5.41, 5.74) is 11.9. The Bertz CT molecular complexity index is 1320. The fraction of sp³-hybridized carbons (Fsp3) is 0.226. The van der Waals surface area contributed by atoms with Crippen molar-refractivity contribution in [2.24, 2.45) is 5.73 Å². The second-order valence-corrected chi connectivity index (χ2v) is 11.0. The molecular weight excluding hydrogens is 601 g/mol. The van der Waals surface area contributed by atoms with Crippen molar-refractivity contribution in [1.29, 1.82) is 0 Å². The molecular formula is C31H36ClN2O2RuS. The third kappa shape index (κ3) is 9.76. The number of hydrogen-bond acceptors (Lipinski definition) is 3. The van der Waals surface area contributed by atoms with E-state index in [1.54, 1.807) is 24.3 Å². The van der Waals surface area contributed by atoms with Crippen LogP contribution in [0, 0.1) is 13.8 Å². The topological polar surface area (TPSA) is 72.2 Å². The van der Waals surface area contributed by atoms with Gasteiger partial charge in [0, 0.05) is 0 Å². The number of benzene rings is 4. The van der Waals surface area contributed by atoms with Crippen LogP contribution in [-0.2, 0) is 27.3 Å². The zero-order valence-electron chi connectivity index (χ0n) is 22.2. The summed E-state index contributed by atoms with van der Waals surface area (Å²) >= 11 is 1.82. The van der Waals surface area contributed by atoms with E-state index in [4.69, 9.17) is 5.73 Å². The molecule has 2 atom stereocenters. The molecule has 0 saturated heterocycles. The molecule has 0 fully saturated rings. The molecule has 0 aliphatic carbocycles. The van der Waals surface area contributed by atoms with E-state index in [2.05, 4.69) is 59.4 Å². The van der Waals surface area contributed by atoms with Gasteiger partial charge in [0.25, 0.3) is 0 Å². The van der Waals surface area contributed by atoms with Crippen molar-refractivity contribution in [3.8, 4) is 0 Å². The molecule has 0 aliphatic heterocycles. The van der Waals surface area contributed by atoms with Gasteiger partial charge < -0.3 is 5.73 Å². The van der Waals surface area contributed by atoms with E-state index in [9.17, 15) is 8.42 Å². The second kappa shape index (κ2) is 15.9. The monoisotopic (exact) mass is 637 g/mol. The van der Waals surface area contributed by atoms with Crippen LogP contribution in [0.5, 0.6) is 0 Å². The Morgan fingerprint density at radius 2 is 1.08 bits per heavy atom. The first kappa shape index (κ1) is 31.9. The minimum atomic E-state index is -3.71. The molecule has 2 unspecified atom stereocenters. The zero-order valence-corrected chi connectivity index (χ0v) is 25.5. The number of nitrogens with two attached hydrogens (primary N) is 1. The third-order valence-electron chi connectivity index (χ3n) is 6.06.